The van der Waals surface area contributed by atoms with Gasteiger partial charge in [-0.2, -0.15) is 5.26 Å². The number of fused-ring (bicyclic) bond motifs is 1. The van der Waals surface area contributed by atoms with Gasteiger partial charge in [-0.3, -0.25) is 5.10 Å². The number of aromatic amines is 1. The van der Waals surface area contributed by atoms with E-state index in [0.717, 1.165) is 21.3 Å². The van der Waals surface area contributed by atoms with Gasteiger partial charge in [-0.05, 0) is 17.7 Å². The number of aromatic nitrogens is 2. The second-order valence-corrected chi connectivity index (χ2v) is 5.75. The quantitative estimate of drug-likeness (QED) is 0.876. The lowest BCUT2D eigenvalue weighted by atomic mass is 9.84. The molecule has 6 nitrogen and oxygen atoms in total. The largest absolute Gasteiger partial charge is 0.420 e. The van der Waals surface area contributed by atoms with Gasteiger partial charge < -0.3 is 15.2 Å². The highest BCUT2D eigenvalue weighted by Crippen LogP contribution is 2.43. The maximum Gasteiger partial charge on any atom is 0.244 e. The van der Waals surface area contributed by atoms with E-state index in [0.29, 0.717) is 18.1 Å². The summed E-state index contributed by atoms with van der Waals surface area (Å²) in [6.45, 7) is 0.345. The maximum absolute atomic E-state index is 9.49. The highest BCUT2D eigenvalue weighted by atomic mass is 79.9. The summed E-state index contributed by atoms with van der Waals surface area (Å²) in [4.78, 5) is 0. The predicted molar refractivity (Wildman–Crippen MR) is 82.7 cm³/mol. The van der Waals surface area contributed by atoms with Crippen molar-refractivity contribution in [2.45, 2.75) is 12.5 Å². The van der Waals surface area contributed by atoms with Crippen molar-refractivity contribution in [3.05, 3.63) is 57.0 Å². The van der Waals surface area contributed by atoms with Crippen molar-refractivity contribution in [1.82, 2.24) is 10.2 Å². The van der Waals surface area contributed by atoms with Crippen LogP contribution in [0.3, 0.4) is 0 Å². The summed E-state index contributed by atoms with van der Waals surface area (Å²) < 4.78 is 11.6. The smallest absolute Gasteiger partial charge is 0.244 e. The van der Waals surface area contributed by atoms with Gasteiger partial charge in [-0.1, -0.05) is 28.1 Å². The van der Waals surface area contributed by atoms with Crippen LogP contribution in [0.2, 0.25) is 0 Å². The van der Waals surface area contributed by atoms with Gasteiger partial charge in [-0.25, -0.2) is 0 Å². The van der Waals surface area contributed by atoms with Gasteiger partial charge in [0.2, 0.25) is 11.8 Å². The van der Waals surface area contributed by atoms with Crippen molar-refractivity contribution in [2.24, 2.45) is 5.73 Å². The van der Waals surface area contributed by atoms with E-state index in [9.17, 15) is 5.26 Å². The van der Waals surface area contributed by atoms with Crippen LogP contribution < -0.4 is 10.5 Å². The van der Waals surface area contributed by atoms with Crippen LogP contribution in [-0.4, -0.2) is 17.3 Å². The first-order valence-electron chi connectivity index (χ1n) is 6.54. The summed E-state index contributed by atoms with van der Waals surface area (Å²) >= 11 is 3.41. The summed E-state index contributed by atoms with van der Waals surface area (Å²) in [5.74, 6) is 0.139. The first-order chi connectivity index (χ1) is 10.7. The molecule has 2 aromatic rings. The number of rotatable bonds is 3. The minimum atomic E-state index is -0.328. The molecule has 0 saturated heterocycles. The van der Waals surface area contributed by atoms with E-state index in [1.807, 2.05) is 24.3 Å². The zero-order valence-corrected chi connectivity index (χ0v) is 13.3. The van der Waals surface area contributed by atoms with Crippen LogP contribution in [0.1, 0.15) is 22.7 Å². The van der Waals surface area contributed by atoms with Crippen molar-refractivity contribution >= 4 is 15.9 Å². The molecule has 1 aromatic heterocycles. The van der Waals surface area contributed by atoms with E-state index in [2.05, 4.69) is 32.2 Å². The summed E-state index contributed by atoms with van der Waals surface area (Å²) in [5, 5.41) is 16.5. The second kappa shape index (κ2) is 5.83. The first-order valence-corrected chi connectivity index (χ1v) is 7.34. The number of allylic oxidation sites excluding steroid dienone is 1. The number of ether oxygens (including phenoxy) is 2. The molecule has 0 saturated carbocycles. The zero-order valence-electron chi connectivity index (χ0n) is 11.8. The Hall–Kier alpha value is -2.30. The molecule has 22 heavy (non-hydrogen) atoms. The molecule has 1 unspecified atom stereocenters. The van der Waals surface area contributed by atoms with Crippen molar-refractivity contribution in [3.8, 4) is 11.9 Å². The Morgan fingerprint density at radius 3 is 2.82 bits per heavy atom. The van der Waals surface area contributed by atoms with Crippen molar-refractivity contribution in [1.29, 1.82) is 5.26 Å². The lowest BCUT2D eigenvalue weighted by molar-refractivity contribution is 0.180. The van der Waals surface area contributed by atoms with Crippen LogP contribution in [0.15, 0.2) is 40.2 Å². The Bertz CT molecular complexity index is 774. The molecule has 3 N–H and O–H groups in total. The molecule has 0 amide bonds. The third-order valence-corrected chi connectivity index (χ3v) is 4.04. The minimum Gasteiger partial charge on any atom is -0.420 e. The molecule has 0 aliphatic carbocycles. The maximum atomic E-state index is 9.49. The lowest BCUT2D eigenvalue weighted by Crippen LogP contribution is -2.21. The standard InChI is InChI=1S/C15H13BrN4O2/c1-21-7-11-13-12(8-2-4-9(16)5-3-8)10(6-17)14(18)22-15(13)20-19-11/h2-5,12H,7,18H2,1H3,(H,19,20). The van der Waals surface area contributed by atoms with Crippen molar-refractivity contribution in [2.75, 3.05) is 7.11 Å². The average Bonchev–Trinajstić information content (AvgIpc) is 2.90. The van der Waals surface area contributed by atoms with Gasteiger partial charge in [0, 0.05) is 11.6 Å². The monoisotopic (exact) mass is 360 g/mol. The third-order valence-electron chi connectivity index (χ3n) is 3.51. The minimum absolute atomic E-state index is 0.0818. The number of nitrogens with zero attached hydrogens (tertiary/aromatic N) is 2. The number of benzene rings is 1. The molecular weight excluding hydrogens is 348 g/mol. The van der Waals surface area contributed by atoms with Crippen molar-refractivity contribution < 1.29 is 9.47 Å². The fraction of sp³-hybridized carbons (Fsp3) is 0.200. The number of H-pyrrole nitrogens is 1. The molecule has 0 spiro atoms. The summed E-state index contributed by atoms with van der Waals surface area (Å²) in [6, 6.07) is 9.88. The van der Waals surface area contributed by atoms with Gasteiger partial charge in [0.05, 0.1) is 23.8 Å². The Balaban J connectivity index is 2.19. The van der Waals surface area contributed by atoms with Crippen LogP contribution in [0.5, 0.6) is 5.88 Å². The van der Waals surface area contributed by atoms with E-state index < -0.39 is 0 Å². The van der Waals surface area contributed by atoms with Crippen LogP contribution in [0.25, 0.3) is 0 Å². The van der Waals surface area contributed by atoms with E-state index in [4.69, 9.17) is 15.2 Å². The van der Waals surface area contributed by atoms with Crippen LogP contribution in [0, 0.1) is 11.3 Å². The molecule has 7 heteroatoms. The van der Waals surface area contributed by atoms with E-state index in [1.54, 1.807) is 7.11 Å². The Morgan fingerprint density at radius 1 is 1.45 bits per heavy atom. The normalized spacial score (nSPS) is 16.9. The van der Waals surface area contributed by atoms with Gasteiger partial charge in [-0.15, -0.1) is 5.10 Å². The highest BCUT2D eigenvalue weighted by molar-refractivity contribution is 9.10. The third kappa shape index (κ3) is 2.36. The van der Waals surface area contributed by atoms with Crippen LogP contribution >= 0.6 is 15.9 Å². The van der Waals surface area contributed by atoms with Crippen molar-refractivity contribution in [3.63, 3.8) is 0 Å². The number of hydrogen-bond acceptors (Lipinski definition) is 5. The molecule has 0 bridgehead atoms. The number of nitrogens with one attached hydrogen (secondary N) is 1. The van der Waals surface area contributed by atoms with E-state index >= 15 is 0 Å². The average molecular weight is 361 g/mol. The van der Waals surface area contributed by atoms with Gasteiger partial charge in [0.1, 0.15) is 11.6 Å². The topological polar surface area (TPSA) is 97.0 Å². The molecule has 1 aromatic carbocycles. The molecule has 1 aliphatic rings. The fourth-order valence-electron chi connectivity index (χ4n) is 2.55. The van der Waals surface area contributed by atoms with Crippen LogP contribution in [0.4, 0.5) is 0 Å². The molecule has 0 fully saturated rings. The number of halogens is 1. The van der Waals surface area contributed by atoms with Gasteiger partial charge in [0.25, 0.3) is 0 Å². The second-order valence-electron chi connectivity index (χ2n) is 4.83. The fourth-order valence-corrected chi connectivity index (χ4v) is 2.82. The Labute approximate surface area is 135 Å². The van der Waals surface area contributed by atoms with E-state index in [1.165, 1.54) is 0 Å². The molecule has 112 valence electrons. The summed E-state index contributed by atoms with van der Waals surface area (Å²) in [7, 11) is 1.60. The van der Waals surface area contributed by atoms with Gasteiger partial charge in [0.15, 0.2) is 0 Å². The SMILES string of the molecule is COCc1[nH]nc2c1C(c1ccc(Br)cc1)C(C#N)=C(N)O2. The summed E-state index contributed by atoms with van der Waals surface area (Å²) in [5.41, 5.74) is 8.75. The number of hydrogen-bond donors (Lipinski definition) is 2. The van der Waals surface area contributed by atoms with E-state index in [-0.39, 0.29) is 11.8 Å². The number of nitriles is 1. The van der Waals surface area contributed by atoms with Crippen LogP contribution in [-0.2, 0) is 11.3 Å². The molecule has 2 heterocycles. The predicted octanol–water partition coefficient (Wildman–Crippen LogP) is 2.54. The Kier molecular flexibility index (Phi) is 3.88. The number of nitrogens with two attached hydrogens (primary N) is 1. The molecular formula is C15H13BrN4O2. The first kappa shape index (κ1) is 14.6. The number of methoxy groups -OCH3 is 1. The molecule has 1 atom stereocenters. The highest BCUT2D eigenvalue weighted by Gasteiger charge is 2.34. The molecule has 3 rings (SSSR count). The van der Waals surface area contributed by atoms with Gasteiger partial charge >= 0.3 is 0 Å². The molecule has 0 radical (unpaired) electrons. The lowest BCUT2D eigenvalue weighted by Gasteiger charge is -2.24. The summed E-state index contributed by atoms with van der Waals surface area (Å²) in [6.07, 6.45) is 0. The zero-order chi connectivity index (χ0) is 15.7. The Morgan fingerprint density at radius 2 is 2.18 bits per heavy atom. The molecule has 1 aliphatic heterocycles.